The van der Waals surface area contributed by atoms with Crippen LogP contribution < -0.4 is 11.1 Å². The summed E-state index contributed by atoms with van der Waals surface area (Å²) in [5.74, 6) is -0.666. The molecule has 3 heterocycles. The van der Waals surface area contributed by atoms with Gasteiger partial charge in [0.2, 0.25) is 0 Å². The van der Waals surface area contributed by atoms with Crippen LogP contribution in [0.3, 0.4) is 0 Å². The van der Waals surface area contributed by atoms with Crippen LogP contribution in [0.1, 0.15) is 27.2 Å². The SMILES string of the molecule is CN1CCN(Cc2ccc(NC(=O)N3CCn4c(c(C(N)=O)c(C#N)c4-c4ccccc4)C3)cc2)CC1. The number of primary amides is 1. The van der Waals surface area contributed by atoms with Crippen LogP contribution in [0, 0.1) is 11.3 Å². The lowest BCUT2D eigenvalue weighted by molar-refractivity contribution is 0.0997. The topological polar surface area (TPSA) is 111 Å². The van der Waals surface area contributed by atoms with Gasteiger partial charge in [-0.25, -0.2) is 4.79 Å². The lowest BCUT2D eigenvalue weighted by atomic mass is 10.0. The Balaban J connectivity index is 1.31. The fourth-order valence-corrected chi connectivity index (χ4v) is 5.16. The molecule has 1 fully saturated rings. The lowest BCUT2D eigenvalue weighted by Crippen LogP contribution is -2.43. The zero-order chi connectivity index (χ0) is 25.9. The molecule has 0 atom stereocenters. The largest absolute Gasteiger partial charge is 0.366 e. The number of nitrogens with two attached hydrogens (primary N) is 1. The van der Waals surface area contributed by atoms with Crippen LogP contribution in [0.2, 0.25) is 0 Å². The Kier molecular flexibility index (Phi) is 6.95. The molecule has 0 spiro atoms. The Morgan fingerprint density at radius 2 is 1.68 bits per heavy atom. The summed E-state index contributed by atoms with van der Waals surface area (Å²) in [6.45, 7) is 6.24. The molecule has 2 aliphatic rings. The molecule has 1 saturated heterocycles. The van der Waals surface area contributed by atoms with Crippen molar-refractivity contribution in [3.63, 3.8) is 0 Å². The number of likely N-dealkylation sites (N-methyl/N-ethyl adjacent to an activating group) is 1. The summed E-state index contributed by atoms with van der Waals surface area (Å²) in [6, 6.07) is 19.3. The zero-order valence-electron chi connectivity index (χ0n) is 21.0. The predicted molar refractivity (Wildman–Crippen MR) is 142 cm³/mol. The van der Waals surface area contributed by atoms with Crippen LogP contribution >= 0.6 is 0 Å². The molecule has 3 N–H and O–H groups in total. The maximum Gasteiger partial charge on any atom is 0.322 e. The molecule has 1 aromatic heterocycles. The number of rotatable bonds is 5. The van der Waals surface area contributed by atoms with E-state index in [1.54, 1.807) is 4.90 Å². The Morgan fingerprint density at radius 1 is 0.973 bits per heavy atom. The van der Waals surface area contributed by atoms with Crippen molar-refractivity contribution in [3.05, 3.63) is 77.0 Å². The van der Waals surface area contributed by atoms with E-state index in [1.165, 1.54) is 5.56 Å². The van der Waals surface area contributed by atoms with E-state index in [1.807, 2.05) is 59.2 Å². The molecule has 3 aromatic rings. The van der Waals surface area contributed by atoms with Crippen LogP contribution in [0.5, 0.6) is 0 Å². The molecule has 0 bridgehead atoms. The van der Waals surface area contributed by atoms with E-state index in [-0.39, 0.29) is 23.7 Å². The maximum atomic E-state index is 13.1. The zero-order valence-corrected chi connectivity index (χ0v) is 21.0. The van der Waals surface area contributed by atoms with Crippen molar-refractivity contribution >= 4 is 17.6 Å². The van der Waals surface area contributed by atoms with Crippen molar-refractivity contribution in [1.29, 1.82) is 5.26 Å². The number of nitrogens with one attached hydrogen (secondary N) is 1. The van der Waals surface area contributed by atoms with Gasteiger partial charge in [0.25, 0.3) is 5.91 Å². The first-order valence-corrected chi connectivity index (χ1v) is 12.5. The second-order valence-corrected chi connectivity index (χ2v) is 9.67. The number of carbonyl (C=O) groups is 2. The number of nitriles is 1. The highest BCUT2D eigenvalue weighted by molar-refractivity contribution is 6.00. The smallest absolute Gasteiger partial charge is 0.322 e. The van der Waals surface area contributed by atoms with Crippen LogP contribution in [-0.4, -0.2) is 71.0 Å². The van der Waals surface area contributed by atoms with E-state index < -0.39 is 5.91 Å². The van der Waals surface area contributed by atoms with Crippen LogP contribution in [0.25, 0.3) is 11.3 Å². The quantitative estimate of drug-likeness (QED) is 0.563. The van der Waals surface area contributed by atoms with E-state index in [4.69, 9.17) is 5.73 Å². The van der Waals surface area contributed by atoms with Crippen molar-refractivity contribution in [2.24, 2.45) is 5.73 Å². The molecule has 2 aliphatic heterocycles. The number of fused-ring (bicyclic) bond motifs is 1. The number of urea groups is 1. The normalized spacial score (nSPS) is 16.2. The van der Waals surface area contributed by atoms with Gasteiger partial charge < -0.3 is 25.4 Å². The summed E-state index contributed by atoms with van der Waals surface area (Å²) in [5.41, 5.74) is 10.2. The third kappa shape index (κ3) is 5.07. The number of carbonyl (C=O) groups excluding carboxylic acids is 2. The number of aromatic nitrogens is 1. The average molecular weight is 498 g/mol. The third-order valence-electron chi connectivity index (χ3n) is 7.21. The first-order valence-electron chi connectivity index (χ1n) is 12.5. The summed E-state index contributed by atoms with van der Waals surface area (Å²) < 4.78 is 1.95. The molecule has 0 unspecified atom stereocenters. The number of piperazine rings is 1. The summed E-state index contributed by atoms with van der Waals surface area (Å²) in [5, 5.41) is 12.9. The number of hydrogen-bond acceptors (Lipinski definition) is 5. The Hall–Kier alpha value is -4.13. The second-order valence-electron chi connectivity index (χ2n) is 9.67. The number of nitrogens with zero attached hydrogens (tertiary/aromatic N) is 5. The summed E-state index contributed by atoms with van der Waals surface area (Å²) in [7, 11) is 2.15. The van der Waals surface area contributed by atoms with Gasteiger partial charge in [0, 0.05) is 51.5 Å². The van der Waals surface area contributed by atoms with Crippen molar-refractivity contribution in [2.75, 3.05) is 45.1 Å². The van der Waals surface area contributed by atoms with Gasteiger partial charge in [0.15, 0.2) is 0 Å². The van der Waals surface area contributed by atoms with Crippen LogP contribution in [-0.2, 0) is 19.6 Å². The van der Waals surface area contributed by atoms with Crippen LogP contribution in [0.4, 0.5) is 10.5 Å². The number of benzene rings is 2. The van der Waals surface area contributed by atoms with Crippen LogP contribution in [0.15, 0.2) is 54.6 Å². The molecule has 2 aromatic carbocycles. The Labute approximate surface area is 216 Å². The summed E-state index contributed by atoms with van der Waals surface area (Å²) in [4.78, 5) is 31.9. The van der Waals surface area contributed by atoms with Gasteiger partial charge >= 0.3 is 6.03 Å². The van der Waals surface area contributed by atoms with Gasteiger partial charge in [-0.2, -0.15) is 5.26 Å². The maximum absolute atomic E-state index is 13.1. The lowest BCUT2D eigenvalue weighted by Gasteiger charge is -2.32. The van der Waals surface area contributed by atoms with E-state index >= 15 is 0 Å². The molecule has 3 amide bonds. The molecule has 9 heteroatoms. The summed E-state index contributed by atoms with van der Waals surface area (Å²) in [6.07, 6.45) is 0. The number of amides is 3. The Bertz CT molecular complexity index is 1330. The molecule has 0 aliphatic carbocycles. The van der Waals surface area contributed by atoms with Crippen molar-refractivity contribution in [3.8, 4) is 17.3 Å². The van der Waals surface area contributed by atoms with Crippen molar-refractivity contribution in [1.82, 2.24) is 19.3 Å². The molecule has 37 heavy (non-hydrogen) atoms. The second kappa shape index (κ2) is 10.5. The molecular formula is C28H31N7O2. The van der Waals surface area contributed by atoms with E-state index in [0.29, 0.717) is 30.2 Å². The molecule has 5 rings (SSSR count). The average Bonchev–Trinajstić information content (AvgIpc) is 3.25. The molecule has 9 nitrogen and oxygen atoms in total. The Morgan fingerprint density at radius 3 is 2.32 bits per heavy atom. The highest BCUT2D eigenvalue weighted by Gasteiger charge is 2.32. The van der Waals surface area contributed by atoms with Crippen molar-refractivity contribution < 1.29 is 9.59 Å². The number of hydrogen-bond donors (Lipinski definition) is 2. The van der Waals surface area contributed by atoms with Gasteiger partial charge in [0.1, 0.15) is 6.07 Å². The molecule has 0 saturated carbocycles. The third-order valence-corrected chi connectivity index (χ3v) is 7.21. The standard InChI is InChI=1S/C28H31N7O2/c1-32-11-13-33(14-12-32)18-20-7-9-22(10-8-20)31-28(37)34-15-16-35-24(19-34)25(27(30)36)23(17-29)26(35)21-5-3-2-4-6-21/h2-10H,11-16,18-19H2,1H3,(H2,30,36)(H,31,37). The van der Waals surface area contributed by atoms with Gasteiger partial charge in [-0.3, -0.25) is 9.69 Å². The van der Waals surface area contributed by atoms with E-state index in [0.717, 1.165) is 38.3 Å². The highest BCUT2D eigenvalue weighted by atomic mass is 16.2. The fourth-order valence-electron chi connectivity index (χ4n) is 5.16. The monoisotopic (exact) mass is 497 g/mol. The van der Waals surface area contributed by atoms with Gasteiger partial charge in [-0.05, 0) is 30.3 Å². The van der Waals surface area contributed by atoms with Gasteiger partial charge in [-0.1, -0.05) is 42.5 Å². The first kappa shape index (κ1) is 24.6. The van der Waals surface area contributed by atoms with E-state index in [2.05, 4.69) is 28.2 Å². The van der Waals surface area contributed by atoms with Gasteiger partial charge in [0.05, 0.1) is 29.1 Å². The van der Waals surface area contributed by atoms with Crippen molar-refractivity contribution in [2.45, 2.75) is 19.6 Å². The minimum atomic E-state index is -0.666. The molecule has 190 valence electrons. The predicted octanol–water partition coefficient (Wildman–Crippen LogP) is 2.92. The van der Waals surface area contributed by atoms with E-state index in [9.17, 15) is 14.9 Å². The molecular weight excluding hydrogens is 466 g/mol. The first-order chi connectivity index (χ1) is 17.9. The molecule has 0 radical (unpaired) electrons. The van der Waals surface area contributed by atoms with Gasteiger partial charge in [-0.15, -0.1) is 0 Å². The summed E-state index contributed by atoms with van der Waals surface area (Å²) >= 11 is 0. The fraction of sp³-hybridized carbons (Fsp3) is 0.321. The number of anilines is 1. The minimum absolute atomic E-state index is 0.187. The minimum Gasteiger partial charge on any atom is -0.366 e. The highest BCUT2D eigenvalue weighted by Crippen LogP contribution is 2.34.